The molecule has 2 atom stereocenters. The van der Waals surface area contributed by atoms with Crippen LogP contribution in [0.4, 0.5) is 4.39 Å². The van der Waals surface area contributed by atoms with Gasteiger partial charge in [-0.1, -0.05) is 20.8 Å². The summed E-state index contributed by atoms with van der Waals surface area (Å²) in [5.41, 5.74) is 1.57. The van der Waals surface area contributed by atoms with E-state index in [4.69, 9.17) is 9.72 Å². The van der Waals surface area contributed by atoms with E-state index in [2.05, 4.69) is 36.0 Å². The monoisotopic (exact) mass is 365 g/mol. The predicted octanol–water partition coefficient (Wildman–Crippen LogP) is 3.08. The van der Waals surface area contributed by atoms with E-state index in [-0.39, 0.29) is 11.5 Å². The Hall–Kier alpha value is -1.41. The van der Waals surface area contributed by atoms with Gasteiger partial charge in [0.1, 0.15) is 23.0 Å². The molecule has 1 aliphatic rings. The number of hydrogen-bond acceptors (Lipinski definition) is 6. The van der Waals surface area contributed by atoms with Crippen molar-refractivity contribution in [1.82, 2.24) is 14.9 Å². The maximum atomic E-state index is 13.0. The summed E-state index contributed by atoms with van der Waals surface area (Å²) in [7, 11) is 0. The number of morpholine rings is 1. The summed E-state index contributed by atoms with van der Waals surface area (Å²) in [5.74, 6) is -0.402. The molecule has 25 heavy (non-hydrogen) atoms. The Morgan fingerprint density at radius 2 is 2.24 bits per heavy atom. The zero-order valence-corrected chi connectivity index (χ0v) is 15.6. The number of pyridine rings is 1. The van der Waals surface area contributed by atoms with E-state index in [1.54, 1.807) is 11.3 Å². The fraction of sp³-hybridized carbons (Fsp3) is 0.556. The first kappa shape index (κ1) is 18.4. The van der Waals surface area contributed by atoms with Crippen LogP contribution in [0, 0.1) is 5.82 Å². The van der Waals surface area contributed by atoms with Crippen molar-refractivity contribution in [2.45, 2.75) is 38.4 Å². The molecule has 2 unspecified atom stereocenters. The second kappa shape index (κ2) is 7.45. The summed E-state index contributed by atoms with van der Waals surface area (Å²) in [6.07, 6.45) is 0.300. The van der Waals surface area contributed by atoms with Crippen LogP contribution in [0.2, 0.25) is 0 Å². The van der Waals surface area contributed by atoms with Crippen LogP contribution < -0.4 is 0 Å². The minimum absolute atomic E-state index is 0.0214. The summed E-state index contributed by atoms with van der Waals surface area (Å²) < 4.78 is 18.8. The molecule has 2 aromatic rings. The van der Waals surface area contributed by atoms with Crippen molar-refractivity contribution in [2.75, 3.05) is 26.2 Å². The normalized spacial score (nSPS) is 20.6. The topological polar surface area (TPSA) is 58.5 Å². The summed E-state index contributed by atoms with van der Waals surface area (Å²) in [4.78, 5) is 10.8. The predicted molar refractivity (Wildman–Crippen MR) is 95.1 cm³/mol. The van der Waals surface area contributed by atoms with Crippen molar-refractivity contribution < 1.29 is 14.2 Å². The van der Waals surface area contributed by atoms with Crippen LogP contribution in [-0.2, 0) is 10.2 Å². The fourth-order valence-electron chi connectivity index (χ4n) is 2.72. The standard InChI is InChI=1S/C18H24FN3O2S/c1-18(2,3)16-11-25-17(21-16)15-10-22(6-7-24-15)9-14(23)13-5-4-12(19)8-20-13/h4-5,8,11,14-15,23H,6-7,9-10H2,1-3H3. The number of nitrogens with zero attached hydrogens (tertiary/aromatic N) is 3. The van der Waals surface area contributed by atoms with E-state index in [1.807, 2.05) is 0 Å². The zero-order chi connectivity index (χ0) is 18.0. The lowest BCUT2D eigenvalue weighted by atomic mass is 9.93. The first-order chi connectivity index (χ1) is 11.8. The molecular weight excluding hydrogens is 341 g/mol. The van der Waals surface area contributed by atoms with Crippen LogP contribution in [0.5, 0.6) is 0 Å². The van der Waals surface area contributed by atoms with Gasteiger partial charge < -0.3 is 9.84 Å². The van der Waals surface area contributed by atoms with E-state index in [1.165, 1.54) is 12.1 Å². The molecule has 5 nitrogen and oxygen atoms in total. The molecule has 1 N–H and O–H groups in total. The minimum Gasteiger partial charge on any atom is -0.385 e. The molecule has 0 radical (unpaired) electrons. The summed E-state index contributed by atoms with van der Waals surface area (Å²) in [5, 5.41) is 13.4. The number of aromatic nitrogens is 2. The third-order valence-corrected chi connectivity index (χ3v) is 5.18. The SMILES string of the molecule is CC(C)(C)c1csc(C2CN(CC(O)c3ccc(F)cn3)CCO2)n1. The van der Waals surface area contributed by atoms with Gasteiger partial charge in [-0.25, -0.2) is 9.37 Å². The number of hydrogen-bond donors (Lipinski definition) is 1. The first-order valence-corrected chi connectivity index (χ1v) is 9.30. The molecule has 1 aliphatic heterocycles. The lowest BCUT2D eigenvalue weighted by Crippen LogP contribution is -2.40. The third kappa shape index (κ3) is 4.61. The number of β-amino-alcohol motifs (C(OH)–C–C–N with tert-alkyl or cyclic N) is 1. The minimum atomic E-state index is -0.749. The van der Waals surface area contributed by atoms with E-state index >= 15 is 0 Å². The molecule has 7 heteroatoms. The van der Waals surface area contributed by atoms with Crippen LogP contribution >= 0.6 is 11.3 Å². The Labute approximate surface area is 151 Å². The molecule has 0 aliphatic carbocycles. The van der Waals surface area contributed by atoms with E-state index in [9.17, 15) is 9.50 Å². The van der Waals surface area contributed by atoms with Crippen LogP contribution in [0.25, 0.3) is 0 Å². The van der Waals surface area contributed by atoms with E-state index < -0.39 is 11.9 Å². The Morgan fingerprint density at radius 3 is 2.88 bits per heavy atom. The number of thiazole rings is 1. The Morgan fingerprint density at radius 1 is 1.44 bits per heavy atom. The highest BCUT2D eigenvalue weighted by atomic mass is 32.1. The quantitative estimate of drug-likeness (QED) is 0.902. The van der Waals surface area contributed by atoms with Crippen molar-refractivity contribution in [3.05, 3.63) is 45.9 Å². The molecule has 3 heterocycles. The molecule has 3 rings (SSSR count). The van der Waals surface area contributed by atoms with Gasteiger partial charge in [-0.3, -0.25) is 9.88 Å². The zero-order valence-electron chi connectivity index (χ0n) is 14.8. The molecule has 1 fully saturated rings. The van der Waals surface area contributed by atoms with Crippen LogP contribution in [-0.4, -0.2) is 46.2 Å². The average molecular weight is 365 g/mol. The van der Waals surface area contributed by atoms with Gasteiger partial charge in [-0.2, -0.15) is 0 Å². The van der Waals surface area contributed by atoms with Crippen molar-refractivity contribution >= 4 is 11.3 Å². The summed E-state index contributed by atoms with van der Waals surface area (Å²) in [6.45, 7) is 8.89. The lowest BCUT2D eigenvalue weighted by Gasteiger charge is -2.33. The van der Waals surface area contributed by atoms with Crippen LogP contribution in [0.15, 0.2) is 23.7 Å². The van der Waals surface area contributed by atoms with Crippen LogP contribution in [0.1, 0.15) is 49.4 Å². The van der Waals surface area contributed by atoms with Gasteiger partial charge in [-0.15, -0.1) is 11.3 Å². The largest absolute Gasteiger partial charge is 0.385 e. The fourth-order valence-corrected chi connectivity index (χ4v) is 3.80. The van der Waals surface area contributed by atoms with Gasteiger partial charge in [0.15, 0.2) is 0 Å². The molecular formula is C18H24FN3O2S. The van der Waals surface area contributed by atoms with Crippen molar-refractivity contribution in [3.8, 4) is 0 Å². The highest BCUT2D eigenvalue weighted by molar-refractivity contribution is 7.09. The van der Waals surface area contributed by atoms with Crippen LogP contribution in [0.3, 0.4) is 0 Å². The Kier molecular flexibility index (Phi) is 5.48. The molecule has 136 valence electrons. The number of ether oxygens (including phenoxy) is 1. The number of aliphatic hydroxyl groups excluding tert-OH is 1. The number of aliphatic hydroxyl groups is 1. The summed E-state index contributed by atoms with van der Waals surface area (Å²) in [6, 6.07) is 2.84. The van der Waals surface area contributed by atoms with Gasteiger partial charge in [0, 0.05) is 30.4 Å². The lowest BCUT2D eigenvalue weighted by molar-refractivity contribution is -0.0429. The van der Waals surface area contributed by atoms with Crippen molar-refractivity contribution in [3.63, 3.8) is 0 Å². The molecule has 0 bridgehead atoms. The third-order valence-electron chi connectivity index (χ3n) is 4.24. The second-order valence-electron chi connectivity index (χ2n) is 7.36. The molecule has 2 aromatic heterocycles. The van der Waals surface area contributed by atoms with Gasteiger partial charge in [0.25, 0.3) is 0 Å². The maximum absolute atomic E-state index is 13.0. The summed E-state index contributed by atoms with van der Waals surface area (Å²) >= 11 is 1.62. The average Bonchev–Trinajstić information content (AvgIpc) is 3.06. The Balaban J connectivity index is 1.63. The molecule has 1 saturated heterocycles. The van der Waals surface area contributed by atoms with E-state index in [0.29, 0.717) is 25.4 Å². The highest BCUT2D eigenvalue weighted by Gasteiger charge is 2.28. The molecule has 0 aromatic carbocycles. The molecule has 0 saturated carbocycles. The Bertz CT molecular complexity index is 699. The number of rotatable bonds is 4. The maximum Gasteiger partial charge on any atom is 0.141 e. The molecule has 0 amide bonds. The van der Waals surface area contributed by atoms with Gasteiger partial charge in [0.05, 0.1) is 24.2 Å². The highest BCUT2D eigenvalue weighted by Crippen LogP contribution is 2.30. The first-order valence-electron chi connectivity index (χ1n) is 8.42. The number of halogens is 1. The molecule has 0 spiro atoms. The second-order valence-corrected chi connectivity index (χ2v) is 8.25. The van der Waals surface area contributed by atoms with E-state index in [0.717, 1.165) is 23.4 Å². The smallest absolute Gasteiger partial charge is 0.141 e. The van der Waals surface area contributed by atoms with Gasteiger partial charge in [-0.05, 0) is 12.1 Å². The van der Waals surface area contributed by atoms with Gasteiger partial charge in [0.2, 0.25) is 0 Å². The van der Waals surface area contributed by atoms with Gasteiger partial charge >= 0.3 is 0 Å². The van der Waals surface area contributed by atoms with Crippen molar-refractivity contribution in [2.24, 2.45) is 0 Å². The van der Waals surface area contributed by atoms with Crippen molar-refractivity contribution in [1.29, 1.82) is 0 Å².